The van der Waals surface area contributed by atoms with Crippen molar-refractivity contribution >= 4 is 0 Å². The van der Waals surface area contributed by atoms with E-state index in [9.17, 15) is 18.3 Å². The molecule has 1 N–H and O–H groups in total. The zero-order valence-electron chi connectivity index (χ0n) is 11.7. The number of hydrogen-bond acceptors (Lipinski definition) is 2. The number of benzene rings is 1. The quantitative estimate of drug-likeness (QED) is 0.854. The molecule has 0 saturated carbocycles. The van der Waals surface area contributed by atoms with E-state index in [-0.39, 0.29) is 30.2 Å². The van der Waals surface area contributed by atoms with Crippen LogP contribution in [0.2, 0.25) is 0 Å². The van der Waals surface area contributed by atoms with Crippen molar-refractivity contribution in [2.24, 2.45) is 5.41 Å². The van der Waals surface area contributed by atoms with Gasteiger partial charge >= 0.3 is 0 Å². The molecule has 19 heavy (non-hydrogen) atoms. The van der Waals surface area contributed by atoms with Gasteiger partial charge in [0.25, 0.3) is 0 Å². The summed E-state index contributed by atoms with van der Waals surface area (Å²) < 4.78 is 39.5. The molecule has 1 aromatic rings. The van der Waals surface area contributed by atoms with Gasteiger partial charge in [-0.15, -0.1) is 0 Å². The number of aliphatic hydroxyl groups is 1. The lowest BCUT2D eigenvalue weighted by Gasteiger charge is -2.36. The minimum absolute atomic E-state index is 0.0732. The summed E-state index contributed by atoms with van der Waals surface area (Å²) >= 11 is 0. The first-order valence-electron chi connectivity index (χ1n) is 6.11. The summed E-state index contributed by atoms with van der Waals surface area (Å²) in [4.78, 5) is 1.73. The Morgan fingerprint density at radius 2 is 1.63 bits per heavy atom. The molecule has 0 aliphatic carbocycles. The van der Waals surface area contributed by atoms with E-state index in [1.165, 1.54) is 0 Å². The van der Waals surface area contributed by atoms with Crippen LogP contribution in [0.3, 0.4) is 0 Å². The average Bonchev–Trinajstić information content (AvgIpc) is 2.24. The van der Waals surface area contributed by atoms with Gasteiger partial charge in [0, 0.05) is 24.2 Å². The van der Waals surface area contributed by atoms with E-state index in [1.807, 2.05) is 20.8 Å². The van der Waals surface area contributed by atoms with Crippen LogP contribution in [0.5, 0.6) is 0 Å². The zero-order chi connectivity index (χ0) is 14.8. The Balaban J connectivity index is 2.93. The van der Waals surface area contributed by atoms with E-state index in [4.69, 9.17) is 0 Å². The number of rotatable bonds is 4. The van der Waals surface area contributed by atoms with Crippen LogP contribution in [0.15, 0.2) is 12.1 Å². The number of nitrogens with zero attached hydrogens (tertiary/aromatic N) is 1. The maximum atomic E-state index is 13.6. The first-order chi connectivity index (χ1) is 8.66. The van der Waals surface area contributed by atoms with Gasteiger partial charge < -0.3 is 5.11 Å². The molecular formula is C14H20F3NO. The molecule has 1 aromatic carbocycles. The third-order valence-corrected chi connectivity index (χ3v) is 3.21. The van der Waals surface area contributed by atoms with Crippen LogP contribution in [0, 0.1) is 22.9 Å². The Hall–Kier alpha value is -1.07. The smallest absolute Gasteiger partial charge is 0.161 e. The van der Waals surface area contributed by atoms with Crippen LogP contribution in [0.4, 0.5) is 13.2 Å². The fourth-order valence-electron chi connectivity index (χ4n) is 2.14. The zero-order valence-corrected chi connectivity index (χ0v) is 11.7. The molecule has 0 radical (unpaired) electrons. The Bertz CT molecular complexity index is 443. The fourth-order valence-corrected chi connectivity index (χ4v) is 2.14. The van der Waals surface area contributed by atoms with E-state index in [1.54, 1.807) is 11.9 Å². The maximum absolute atomic E-state index is 13.6. The van der Waals surface area contributed by atoms with Gasteiger partial charge in [0.05, 0.1) is 6.61 Å². The molecule has 0 spiro atoms. The highest BCUT2D eigenvalue weighted by Gasteiger charge is 2.28. The highest BCUT2D eigenvalue weighted by molar-refractivity contribution is 5.20. The van der Waals surface area contributed by atoms with E-state index in [0.717, 1.165) is 6.07 Å². The SMILES string of the molecule is CN(Cc1cc(F)c(F)cc1F)C(CO)C(C)(C)C. The van der Waals surface area contributed by atoms with Crippen LogP contribution in [0.25, 0.3) is 0 Å². The second-order valence-corrected chi connectivity index (χ2v) is 5.84. The van der Waals surface area contributed by atoms with Gasteiger partial charge in [0.15, 0.2) is 11.6 Å². The minimum atomic E-state index is -1.20. The highest BCUT2D eigenvalue weighted by atomic mass is 19.2. The van der Waals surface area contributed by atoms with Crippen LogP contribution in [-0.2, 0) is 6.54 Å². The first kappa shape index (κ1) is 16.0. The van der Waals surface area contributed by atoms with E-state index < -0.39 is 17.5 Å². The van der Waals surface area contributed by atoms with Crippen molar-refractivity contribution in [2.75, 3.05) is 13.7 Å². The van der Waals surface area contributed by atoms with E-state index in [0.29, 0.717) is 6.07 Å². The molecule has 0 aliphatic heterocycles. The first-order valence-corrected chi connectivity index (χ1v) is 6.11. The molecule has 108 valence electrons. The van der Waals surface area contributed by atoms with Gasteiger partial charge in [-0.25, -0.2) is 13.2 Å². The molecule has 1 atom stereocenters. The number of likely N-dealkylation sites (N-methyl/N-ethyl adjacent to an activating group) is 1. The second kappa shape index (κ2) is 5.92. The molecule has 0 amide bonds. The predicted octanol–water partition coefficient (Wildman–Crippen LogP) is 2.94. The van der Waals surface area contributed by atoms with Crippen molar-refractivity contribution in [2.45, 2.75) is 33.4 Å². The van der Waals surface area contributed by atoms with Crippen LogP contribution < -0.4 is 0 Å². The predicted molar refractivity (Wildman–Crippen MR) is 68.1 cm³/mol. The number of aliphatic hydroxyl groups excluding tert-OH is 1. The fraction of sp³-hybridized carbons (Fsp3) is 0.571. The lowest BCUT2D eigenvalue weighted by atomic mass is 9.86. The molecule has 0 heterocycles. The summed E-state index contributed by atoms with van der Waals surface area (Å²) in [6, 6.07) is 1.20. The van der Waals surface area contributed by atoms with Crippen molar-refractivity contribution in [3.05, 3.63) is 35.1 Å². The van der Waals surface area contributed by atoms with Crippen molar-refractivity contribution in [1.29, 1.82) is 0 Å². The Kier molecular flexibility index (Phi) is 4.98. The van der Waals surface area contributed by atoms with Crippen molar-refractivity contribution in [3.63, 3.8) is 0 Å². The van der Waals surface area contributed by atoms with Gasteiger partial charge in [-0.1, -0.05) is 20.8 Å². The average molecular weight is 275 g/mol. The molecule has 2 nitrogen and oxygen atoms in total. The summed E-state index contributed by atoms with van der Waals surface area (Å²) in [5.41, 5.74) is -0.137. The third-order valence-electron chi connectivity index (χ3n) is 3.21. The summed E-state index contributed by atoms with van der Waals surface area (Å²) in [7, 11) is 1.72. The Morgan fingerprint density at radius 3 is 2.11 bits per heavy atom. The molecule has 1 rings (SSSR count). The van der Waals surface area contributed by atoms with Crippen LogP contribution >= 0.6 is 0 Å². The molecule has 0 fully saturated rings. The van der Waals surface area contributed by atoms with Gasteiger partial charge in [0.2, 0.25) is 0 Å². The molecule has 0 aromatic heterocycles. The van der Waals surface area contributed by atoms with Crippen LogP contribution in [-0.4, -0.2) is 29.7 Å². The van der Waals surface area contributed by atoms with Crippen molar-refractivity contribution in [1.82, 2.24) is 4.90 Å². The standard InChI is InChI=1S/C14H20F3NO/c1-14(2,3)13(8-19)18(4)7-9-5-11(16)12(17)6-10(9)15/h5-6,13,19H,7-8H2,1-4H3. The number of halogens is 3. The topological polar surface area (TPSA) is 23.5 Å². The van der Waals surface area contributed by atoms with Gasteiger partial charge in [0.1, 0.15) is 5.82 Å². The molecule has 5 heteroatoms. The molecule has 0 bridgehead atoms. The van der Waals surface area contributed by atoms with Gasteiger partial charge in [-0.2, -0.15) is 0 Å². The summed E-state index contributed by atoms with van der Waals surface area (Å²) in [5, 5.41) is 9.41. The van der Waals surface area contributed by atoms with Crippen molar-refractivity contribution < 1.29 is 18.3 Å². The number of hydrogen-bond donors (Lipinski definition) is 1. The maximum Gasteiger partial charge on any atom is 0.161 e. The lowest BCUT2D eigenvalue weighted by molar-refractivity contribution is 0.0606. The third kappa shape index (κ3) is 3.94. The van der Waals surface area contributed by atoms with E-state index >= 15 is 0 Å². The second-order valence-electron chi connectivity index (χ2n) is 5.84. The molecule has 0 aliphatic rings. The molecule has 0 saturated heterocycles. The van der Waals surface area contributed by atoms with Gasteiger partial charge in [-0.3, -0.25) is 4.90 Å². The van der Waals surface area contributed by atoms with Gasteiger partial charge in [-0.05, 0) is 18.5 Å². The lowest BCUT2D eigenvalue weighted by Crippen LogP contribution is -2.44. The van der Waals surface area contributed by atoms with Crippen molar-refractivity contribution in [3.8, 4) is 0 Å². The molecular weight excluding hydrogens is 255 g/mol. The largest absolute Gasteiger partial charge is 0.395 e. The summed E-state index contributed by atoms with van der Waals surface area (Å²) in [6.45, 7) is 5.86. The highest BCUT2D eigenvalue weighted by Crippen LogP contribution is 2.25. The normalized spacial score (nSPS) is 13.9. The Morgan fingerprint density at radius 1 is 1.11 bits per heavy atom. The monoisotopic (exact) mass is 275 g/mol. The molecule has 1 unspecified atom stereocenters. The summed E-state index contributed by atoms with van der Waals surface area (Å²) in [6.07, 6.45) is 0. The van der Waals surface area contributed by atoms with Crippen LogP contribution in [0.1, 0.15) is 26.3 Å². The minimum Gasteiger partial charge on any atom is -0.395 e. The van der Waals surface area contributed by atoms with E-state index in [2.05, 4.69) is 0 Å². The Labute approximate surface area is 111 Å². The summed E-state index contributed by atoms with van der Waals surface area (Å²) in [5.74, 6) is -3.05.